The van der Waals surface area contributed by atoms with E-state index in [2.05, 4.69) is 25.8 Å². The van der Waals surface area contributed by atoms with Crippen LogP contribution in [0.5, 0.6) is 0 Å². The summed E-state index contributed by atoms with van der Waals surface area (Å²) in [6.07, 6.45) is 4.09. The second-order valence-corrected chi connectivity index (χ2v) is 4.74. The number of likely N-dealkylation sites (N-methyl/N-ethyl adjacent to an activating group) is 1. The van der Waals surface area contributed by atoms with Gasteiger partial charge in [-0.3, -0.25) is 9.78 Å². The lowest BCUT2D eigenvalue weighted by molar-refractivity contribution is -0.121. The molecule has 1 atom stereocenters. The van der Waals surface area contributed by atoms with E-state index in [1.54, 1.807) is 24.5 Å². The molecular weight excluding hydrogens is 341 g/mol. The van der Waals surface area contributed by atoms with Crippen LogP contribution in [0.25, 0.3) is 11.4 Å². The van der Waals surface area contributed by atoms with E-state index >= 15 is 0 Å². The molecule has 0 spiro atoms. The van der Waals surface area contributed by atoms with E-state index in [9.17, 15) is 4.79 Å². The Bertz CT molecular complexity index is 580. The second kappa shape index (κ2) is 10.9. The summed E-state index contributed by atoms with van der Waals surface area (Å²) in [5.74, 6) is 0.941. The molecule has 2 aromatic heterocycles. The SMILES string of the molecule is CNC(C)CNC(=O)CCc1nc(-c2ccncc2)no1.Cl.Cl. The van der Waals surface area contributed by atoms with E-state index < -0.39 is 0 Å². The highest BCUT2D eigenvalue weighted by atomic mass is 35.5. The van der Waals surface area contributed by atoms with Crippen molar-refractivity contribution >= 4 is 30.7 Å². The number of aromatic nitrogens is 3. The zero-order chi connectivity index (χ0) is 15.1. The summed E-state index contributed by atoms with van der Waals surface area (Å²) in [4.78, 5) is 19.9. The van der Waals surface area contributed by atoms with Gasteiger partial charge in [0.25, 0.3) is 0 Å². The van der Waals surface area contributed by atoms with Crippen molar-refractivity contribution in [2.24, 2.45) is 0 Å². The van der Waals surface area contributed by atoms with Gasteiger partial charge in [0.05, 0.1) is 0 Å². The minimum atomic E-state index is -0.0271. The number of pyridine rings is 1. The number of amides is 1. The van der Waals surface area contributed by atoms with E-state index in [1.807, 2.05) is 14.0 Å². The molecule has 0 aliphatic rings. The van der Waals surface area contributed by atoms with Crippen molar-refractivity contribution in [3.8, 4) is 11.4 Å². The molecule has 7 nitrogen and oxygen atoms in total. The highest BCUT2D eigenvalue weighted by Gasteiger charge is 2.10. The molecule has 2 heterocycles. The Labute approximate surface area is 147 Å². The summed E-state index contributed by atoms with van der Waals surface area (Å²) in [5.41, 5.74) is 0.840. The third-order valence-corrected chi connectivity index (χ3v) is 3.07. The Morgan fingerprint density at radius 1 is 1.30 bits per heavy atom. The Balaban J connectivity index is 0.00000242. The van der Waals surface area contributed by atoms with Crippen LogP contribution < -0.4 is 10.6 Å². The van der Waals surface area contributed by atoms with Gasteiger partial charge in [0.15, 0.2) is 0 Å². The Morgan fingerprint density at radius 2 is 2.00 bits per heavy atom. The number of rotatable bonds is 7. The molecule has 0 saturated carbocycles. The third-order valence-electron chi connectivity index (χ3n) is 3.07. The van der Waals surface area contributed by atoms with Gasteiger partial charge in [-0.2, -0.15) is 4.98 Å². The topological polar surface area (TPSA) is 92.9 Å². The van der Waals surface area contributed by atoms with Gasteiger partial charge in [-0.05, 0) is 26.1 Å². The molecule has 0 saturated heterocycles. The van der Waals surface area contributed by atoms with Crippen molar-refractivity contribution in [2.45, 2.75) is 25.8 Å². The van der Waals surface area contributed by atoms with Crippen LogP contribution in [0.2, 0.25) is 0 Å². The zero-order valence-corrected chi connectivity index (χ0v) is 14.6. The van der Waals surface area contributed by atoms with Crippen LogP contribution in [-0.4, -0.2) is 40.7 Å². The maximum absolute atomic E-state index is 11.7. The number of carbonyl (C=O) groups is 1. The summed E-state index contributed by atoms with van der Waals surface area (Å²) >= 11 is 0. The maximum Gasteiger partial charge on any atom is 0.227 e. The maximum atomic E-state index is 11.7. The quantitative estimate of drug-likeness (QED) is 0.778. The predicted octanol–water partition coefficient (Wildman–Crippen LogP) is 1.63. The molecule has 2 N–H and O–H groups in total. The molecule has 0 bridgehead atoms. The van der Waals surface area contributed by atoms with Crippen LogP contribution in [0.15, 0.2) is 29.0 Å². The molecule has 23 heavy (non-hydrogen) atoms. The van der Waals surface area contributed by atoms with Gasteiger partial charge in [0.1, 0.15) is 0 Å². The van der Waals surface area contributed by atoms with Crippen LogP contribution in [0.3, 0.4) is 0 Å². The largest absolute Gasteiger partial charge is 0.355 e. The molecule has 2 rings (SSSR count). The van der Waals surface area contributed by atoms with Crippen LogP contribution in [0.1, 0.15) is 19.2 Å². The number of halogens is 2. The first-order valence-corrected chi connectivity index (χ1v) is 6.86. The van der Waals surface area contributed by atoms with Gasteiger partial charge in [-0.25, -0.2) is 0 Å². The molecule has 1 amide bonds. The van der Waals surface area contributed by atoms with Crippen molar-refractivity contribution in [2.75, 3.05) is 13.6 Å². The van der Waals surface area contributed by atoms with E-state index in [0.29, 0.717) is 31.1 Å². The Hall–Kier alpha value is -1.70. The lowest BCUT2D eigenvalue weighted by Crippen LogP contribution is -2.37. The van der Waals surface area contributed by atoms with Crippen LogP contribution in [0, 0.1) is 0 Å². The van der Waals surface area contributed by atoms with Gasteiger partial charge < -0.3 is 15.2 Å². The van der Waals surface area contributed by atoms with Gasteiger partial charge in [0.2, 0.25) is 17.6 Å². The molecule has 2 aromatic rings. The minimum Gasteiger partial charge on any atom is -0.355 e. The molecule has 0 fully saturated rings. The fourth-order valence-corrected chi connectivity index (χ4v) is 1.65. The molecule has 128 valence electrons. The number of nitrogens with one attached hydrogen (secondary N) is 2. The smallest absolute Gasteiger partial charge is 0.227 e. The number of hydrogen-bond donors (Lipinski definition) is 2. The van der Waals surface area contributed by atoms with Crippen LogP contribution in [0.4, 0.5) is 0 Å². The molecular formula is C14H21Cl2N5O2. The third kappa shape index (κ3) is 6.94. The van der Waals surface area contributed by atoms with Crippen molar-refractivity contribution in [3.05, 3.63) is 30.4 Å². The standard InChI is InChI=1S/C14H19N5O2.2ClH/c1-10(15-2)9-17-12(20)3-4-13-18-14(19-21-13)11-5-7-16-8-6-11;;/h5-8,10,15H,3-4,9H2,1-2H3,(H,17,20);2*1H. The van der Waals surface area contributed by atoms with Crippen molar-refractivity contribution in [1.82, 2.24) is 25.8 Å². The van der Waals surface area contributed by atoms with Gasteiger partial charge >= 0.3 is 0 Å². The van der Waals surface area contributed by atoms with E-state index in [4.69, 9.17) is 4.52 Å². The summed E-state index contributed by atoms with van der Waals surface area (Å²) in [5, 5.41) is 9.79. The van der Waals surface area contributed by atoms with Crippen molar-refractivity contribution in [3.63, 3.8) is 0 Å². The number of aryl methyl sites for hydroxylation is 1. The van der Waals surface area contributed by atoms with Crippen LogP contribution >= 0.6 is 24.8 Å². The molecule has 9 heteroatoms. The van der Waals surface area contributed by atoms with Crippen LogP contribution in [-0.2, 0) is 11.2 Å². The number of nitrogens with zero attached hydrogens (tertiary/aromatic N) is 3. The first-order valence-electron chi connectivity index (χ1n) is 6.86. The Kier molecular flexibility index (Phi) is 10.1. The lowest BCUT2D eigenvalue weighted by Gasteiger charge is -2.10. The van der Waals surface area contributed by atoms with Gasteiger partial charge in [-0.15, -0.1) is 24.8 Å². The Morgan fingerprint density at radius 3 is 2.65 bits per heavy atom. The van der Waals surface area contributed by atoms with Crippen molar-refractivity contribution < 1.29 is 9.32 Å². The monoisotopic (exact) mass is 361 g/mol. The highest BCUT2D eigenvalue weighted by molar-refractivity contribution is 5.85. The van der Waals surface area contributed by atoms with Gasteiger partial charge in [0, 0.05) is 43.4 Å². The number of carbonyl (C=O) groups excluding carboxylic acids is 1. The fraction of sp³-hybridized carbons (Fsp3) is 0.429. The normalized spacial score (nSPS) is 11.0. The average molecular weight is 362 g/mol. The average Bonchev–Trinajstić information content (AvgIpc) is 3.00. The van der Waals surface area contributed by atoms with Gasteiger partial charge in [-0.1, -0.05) is 5.16 Å². The fourth-order valence-electron chi connectivity index (χ4n) is 1.65. The summed E-state index contributed by atoms with van der Waals surface area (Å²) in [7, 11) is 1.86. The molecule has 0 radical (unpaired) electrons. The molecule has 0 aromatic carbocycles. The second-order valence-electron chi connectivity index (χ2n) is 4.74. The summed E-state index contributed by atoms with van der Waals surface area (Å²) < 4.78 is 5.14. The zero-order valence-electron chi connectivity index (χ0n) is 13.0. The van der Waals surface area contributed by atoms with E-state index in [-0.39, 0.29) is 36.8 Å². The van der Waals surface area contributed by atoms with Crippen molar-refractivity contribution in [1.29, 1.82) is 0 Å². The number of hydrogen-bond acceptors (Lipinski definition) is 6. The lowest BCUT2D eigenvalue weighted by atomic mass is 10.2. The summed E-state index contributed by atoms with van der Waals surface area (Å²) in [6, 6.07) is 3.86. The predicted molar refractivity (Wildman–Crippen MR) is 91.9 cm³/mol. The first kappa shape index (κ1) is 21.3. The highest BCUT2D eigenvalue weighted by Crippen LogP contribution is 2.14. The molecule has 0 aliphatic carbocycles. The van der Waals surface area contributed by atoms with E-state index in [0.717, 1.165) is 5.56 Å². The minimum absolute atomic E-state index is 0. The van der Waals surface area contributed by atoms with E-state index in [1.165, 1.54) is 0 Å². The molecule has 0 aliphatic heterocycles. The summed E-state index contributed by atoms with van der Waals surface area (Å²) in [6.45, 7) is 2.60. The first-order chi connectivity index (χ1) is 10.2. The molecule has 1 unspecified atom stereocenters.